The lowest BCUT2D eigenvalue weighted by molar-refractivity contribution is -0.136. The van der Waals surface area contributed by atoms with Crippen molar-refractivity contribution in [2.24, 2.45) is 17.8 Å². The van der Waals surface area contributed by atoms with E-state index in [1.165, 1.54) is 0 Å². The summed E-state index contributed by atoms with van der Waals surface area (Å²) in [6.07, 6.45) is 4.49. The molecule has 2 fully saturated rings. The minimum Gasteiger partial charge on any atom is -0.326 e. The number of aromatic nitrogens is 1. The molecule has 2 saturated carbocycles. The summed E-state index contributed by atoms with van der Waals surface area (Å²) >= 11 is 1.63. The van der Waals surface area contributed by atoms with Crippen molar-refractivity contribution < 1.29 is 9.59 Å². The summed E-state index contributed by atoms with van der Waals surface area (Å²) in [5, 5.41) is 6.12. The number of Topliss-reactive ketones (excluding diaryl/α,β-unsaturated/α-hetero) is 1. The second kappa shape index (κ2) is 6.71. The molecule has 4 nitrogen and oxygen atoms in total. The highest BCUT2D eigenvalue weighted by atomic mass is 32.1. The Morgan fingerprint density at radius 3 is 2.44 bits per heavy atom. The fourth-order valence-corrected chi connectivity index (χ4v) is 4.78. The van der Waals surface area contributed by atoms with Crippen LogP contribution in [0.4, 0.5) is 5.69 Å². The monoisotopic (exact) mass is 354 g/mol. The molecule has 1 heterocycles. The van der Waals surface area contributed by atoms with Crippen molar-refractivity contribution in [1.82, 2.24) is 4.98 Å². The number of anilines is 1. The Labute approximate surface area is 151 Å². The standard InChI is InChI=1S/C20H22N2O2S/c1-12-21-18(11-25-12)13-5-7-17(8-6-13)22-20(24)16-9-14-3-2-4-15(10-16)19(14)23/h5-8,11,14-16H,2-4,9-10H2,1H3,(H,22,24). The van der Waals surface area contributed by atoms with Crippen molar-refractivity contribution in [2.75, 3.05) is 5.32 Å². The highest BCUT2D eigenvalue weighted by Gasteiger charge is 2.41. The number of amides is 1. The number of rotatable bonds is 3. The Kier molecular flexibility index (Phi) is 4.42. The number of ketones is 1. The fraction of sp³-hybridized carbons (Fsp3) is 0.450. The minimum absolute atomic E-state index is 0.0335. The van der Waals surface area contributed by atoms with Gasteiger partial charge in [0.2, 0.25) is 5.91 Å². The third-order valence-electron chi connectivity index (χ3n) is 5.49. The first-order chi connectivity index (χ1) is 12.1. The molecule has 130 valence electrons. The quantitative estimate of drug-likeness (QED) is 0.886. The third-order valence-corrected chi connectivity index (χ3v) is 6.26. The SMILES string of the molecule is Cc1nc(-c2ccc(NC(=O)C3CC4CCCC(C3)C4=O)cc2)cs1. The van der Waals surface area contributed by atoms with Gasteiger partial charge in [0.25, 0.3) is 0 Å². The van der Waals surface area contributed by atoms with Crippen LogP contribution in [0, 0.1) is 24.7 Å². The topological polar surface area (TPSA) is 59.1 Å². The summed E-state index contributed by atoms with van der Waals surface area (Å²) in [7, 11) is 0. The molecule has 0 aliphatic heterocycles. The molecule has 2 unspecified atom stereocenters. The molecule has 1 aromatic heterocycles. The number of carbonyl (C=O) groups is 2. The largest absolute Gasteiger partial charge is 0.326 e. The first-order valence-corrected chi connectivity index (χ1v) is 9.85. The lowest BCUT2D eigenvalue weighted by atomic mass is 9.67. The molecule has 25 heavy (non-hydrogen) atoms. The van der Waals surface area contributed by atoms with Crippen LogP contribution in [-0.4, -0.2) is 16.7 Å². The van der Waals surface area contributed by atoms with E-state index in [9.17, 15) is 9.59 Å². The van der Waals surface area contributed by atoms with Gasteiger partial charge in [0, 0.05) is 34.4 Å². The zero-order valence-corrected chi connectivity index (χ0v) is 15.1. The molecule has 5 heteroatoms. The van der Waals surface area contributed by atoms with Crippen molar-refractivity contribution in [2.45, 2.75) is 39.0 Å². The molecule has 2 aliphatic rings. The van der Waals surface area contributed by atoms with E-state index < -0.39 is 0 Å². The zero-order chi connectivity index (χ0) is 17.4. The van der Waals surface area contributed by atoms with E-state index in [4.69, 9.17) is 0 Å². The number of hydrogen-bond donors (Lipinski definition) is 1. The van der Waals surface area contributed by atoms with Gasteiger partial charge in [-0.2, -0.15) is 0 Å². The van der Waals surface area contributed by atoms with E-state index in [1.54, 1.807) is 11.3 Å². The van der Waals surface area contributed by atoms with E-state index in [-0.39, 0.29) is 23.7 Å². The van der Waals surface area contributed by atoms with Gasteiger partial charge in [-0.25, -0.2) is 4.98 Å². The highest BCUT2D eigenvalue weighted by molar-refractivity contribution is 7.09. The molecule has 4 rings (SSSR count). The molecule has 2 atom stereocenters. The maximum absolute atomic E-state index is 12.6. The number of hydrogen-bond acceptors (Lipinski definition) is 4. The summed E-state index contributed by atoms with van der Waals surface area (Å²) in [4.78, 5) is 29.3. The average Bonchev–Trinajstić information content (AvgIpc) is 3.01. The minimum atomic E-state index is -0.0335. The molecule has 0 saturated heterocycles. The molecule has 1 amide bonds. The molecule has 2 aliphatic carbocycles. The Morgan fingerprint density at radius 1 is 1.16 bits per heavy atom. The predicted octanol–water partition coefficient (Wildman–Crippen LogP) is 4.45. The second-order valence-electron chi connectivity index (χ2n) is 7.21. The van der Waals surface area contributed by atoms with Crippen molar-refractivity contribution in [3.63, 3.8) is 0 Å². The molecule has 0 radical (unpaired) electrons. The predicted molar refractivity (Wildman–Crippen MR) is 99.5 cm³/mol. The summed E-state index contributed by atoms with van der Waals surface area (Å²) in [6.45, 7) is 1.99. The van der Waals surface area contributed by atoms with E-state index >= 15 is 0 Å². The van der Waals surface area contributed by atoms with Gasteiger partial charge in [0.15, 0.2) is 0 Å². The number of benzene rings is 1. The number of nitrogens with one attached hydrogen (secondary N) is 1. The van der Waals surface area contributed by atoms with Crippen LogP contribution in [0.3, 0.4) is 0 Å². The Bertz CT molecular complexity index is 780. The highest BCUT2D eigenvalue weighted by Crippen LogP contribution is 2.40. The smallest absolute Gasteiger partial charge is 0.227 e. The number of thiazole rings is 1. The maximum Gasteiger partial charge on any atom is 0.227 e. The van der Waals surface area contributed by atoms with E-state index in [2.05, 4.69) is 10.3 Å². The summed E-state index contributed by atoms with van der Waals surface area (Å²) < 4.78 is 0. The number of nitrogens with zero attached hydrogens (tertiary/aromatic N) is 1. The van der Waals surface area contributed by atoms with Crippen LogP contribution in [0.25, 0.3) is 11.3 Å². The number of carbonyl (C=O) groups excluding carboxylic acids is 2. The van der Waals surface area contributed by atoms with Crippen LogP contribution in [0.15, 0.2) is 29.6 Å². The van der Waals surface area contributed by atoms with E-state index in [1.807, 2.05) is 36.6 Å². The molecule has 1 N–H and O–H groups in total. The second-order valence-corrected chi connectivity index (χ2v) is 8.28. The van der Waals surface area contributed by atoms with Gasteiger partial charge >= 0.3 is 0 Å². The zero-order valence-electron chi connectivity index (χ0n) is 14.3. The van der Waals surface area contributed by atoms with Gasteiger partial charge in [-0.05, 0) is 44.7 Å². The molecule has 0 spiro atoms. The van der Waals surface area contributed by atoms with Crippen LogP contribution >= 0.6 is 11.3 Å². The van der Waals surface area contributed by atoms with Gasteiger partial charge in [-0.1, -0.05) is 18.6 Å². The van der Waals surface area contributed by atoms with Gasteiger partial charge in [-0.15, -0.1) is 11.3 Å². The summed E-state index contributed by atoms with van der Waals surface area (Å²) in [5.74, 6) is 0.644. The average molecular weight is 354 g/mol. The van der Waals surface area contributed by atoms with Crippen molar-refractivity contribution >= 4 is 28.7 Å². The molecule has 1 aromatic carbocycles. The van der Waals surface area contributed by atoms with Crippen LogP contribution in [-0.2, 0) is 9.59 Å². The van der Waals surface area contributed by atoms with Crippen LogP contribution in [0.1, 0.15) is 37.1 Å². The number of aryl methyl sites for hydroxylation is 1. The van der Waals surface area contributed by atoms with E-state index in [0.717, 1.165) is 54.1 Å². The number of fused-ring (bicyclic) bond motifs is 2. The first-order valence-electron chi connectivity index (χ1n) is 8.97. The molecular formula is C20H22N2O2S. The lowest BCUT2D eigenvalue weighted by Crippen LogP contribution is -2.40. The van der Waals surface area contributed by atoms with Crippen LogP contribution in [0.2, 0.25) is 0 Å². The van der Waals surface area contributed by atoms with Gasteiger partial charge < -0.3 is 5.32 Å². The lowest BCUT2D eigenvalue weighted by Gasteiger charge is -2.36. The van der Waals surface area contributed by atoms with Crippen LogP contribution in [0.5, 0.6) is 0 Å². The van der Waals surface area contributed by atoms with Gasteiger partial charge in [0.1, 0.15) is 5.78 Å². The third kappa shape index (κ3) is 3.38. The Morgan fingerprint density at radius 2 is 1.84 bits per heavy atom. The van der Waals surface area contributed by atoms with Crippen molar-refractivity contribution in [3.8, 4) is 11.3 Å². The van der Waals surface area contributed by atoms with E-state index in [0.29, 0.717) is 5.78 Å². The Hall–Kier alpha value is -2.01. The van der Waals surface area contributed by atoms with Gasteiger partial charge in [0.05, 0.1) is 10.7 Å². The fourth-order valence-electron chi connectivity index (χ4n) is 4.16. The maximum atomic E-state index is 12.6. The van der Waals surface area contributed by atoms with Crippen molar-refractivity contribution in [3.05, 3.63) is 34.7 Å². The summed E-state index contributed by atoms with van der Waals surface area (Å²) in [5.41, 5.74) is 2.84. The summed E-state index contributed by atoms with van der Waals surface area (Å²) in [6, 6.07) is 7.83. The Balaban J connectivity index is 1.42. The molecule has 2 bridgehead atoms. The first kappa shape index (κ1) is 16.5. The van der Waals surface area contributed by atoms with Crippen LogP contribution < -0.4 is 5.32 Å². The normalized spacial score (nSPS) is 25.6. The molecule has 2 aromatic rings. The molecular weight excluding hydrogens is 332 g/mol. The van der Waals surface area contributed by atoms with Gasteiger partial charge in [-0.3, -0.25) is 9.59 Å². The van der Waals surface area contributed by atoms with Crippen molar-refractivity contribution in [1.29, 1.82) is 0 Å².